The molecule has 1 fully saturated rings. The van der Waals surface area contributed by atoms with Gasteiger partial charge in [0, 0.05) is 11.3 Å². The van der Waals surface area contributed by atoms with Gasteiger partial charge in [0.2, 0.25) is 0 Å². The molecule has 2 aliphatic rings. The summed E-state index contributed by atoms with van der Waals surface area (Å²) in [5, 5.41) is 12.6. The molecule has 1 saturated carbocycles. The molecule has 3 rings (SSSR count). The molecule has 1 aliphatic heterocycles. The van der Waals surface area contributed by atoms with Crippen LogP contribution in [0.15, 0.2) is 24.3 Å². The van der Waals surface area contributed by atoms with Gasteiger partial charge in [0.25, 0.3) is 0 Å². The number of benzene rings is 1. The highest BCUT2D eigenvalue weighted by Crippen LogP contribution is 2.49. The van der Waals surface area contributed by atoms with Crippen molar-refractivity contribution in [1.29, 1.82) is 0 Å². The van der Waals surface area contributed by atoms with Crippen LogP contribution in [0.5, 0.6) is 0 Å². The largest absolute Gasteiger partial charge is 0.394 e. The van der Waals surface area contributed by atoms with Crippen molar-refractivity contribution >= 4 is 5.69 Å². The van der Waals surface area contributed by atoms with Gasteiger partial charge in [-0.05, 0) is 18.9 Å². The number of aliphatic hydroxyl groups is 1. The van der Waals surface area contributed by atoms with Crippen molar-refractivity contribution in [3.8, 4) is 0 Å². The minimum atomic E-state index is -0.197. The highest BCUT2D eigenvalue weighted by molar-refractivity contribution is 5.61. The lowest BCUT2D eigenvalue weighted by Gasteiger charge is -2.39. The molecule has 3 heteroatoms. The maximum atomic E-state index is 9.02. The lowest BCUT2D eigenvalue weighted by molar-refractivity contribution is -0.0875. The van der Waals surface area contributed by atoms with Crippen molar-refractivity contribution in [1.82, 2.24) is 0 Å². The van der Waals surface area contributed by atoms with Crippen LogP contribution in [0.3, 0.4) is 0 Å². The Morgan fingerprint density at radius 1 is 1.35 bits per heavy atom. The third-order valence-corrected chi connectivity index (χ3v) is 4.02. The Bertz CT molecular complexity index is 407. The van der Waals surface area contributed by atoms with Gasteiger partial charge in [-0.15, -0.1) is 0 Å². The number of hydrogen-bond acceptors (Lipinski definition) is 3. The quantitative estimate of drug-likeness (QED) is 0.841. The zero-order valence-corrected chi connectivity index (χ0v) is 9.98. The van der Waals surface area contributed by atoms with Crippen LogP contribution >= 0.6 is 0 Å². The number of anilines is 1. The monoisotopic (exact) mass is 233 g/mol. The average molecular weight is 233 g/mol. The van der Waals surface area contributed by atoms with Gasteiger partial charge in [-0.1, -0.05) is 31.0 Å². The topological polar surface area (TPSA) is 41.5 Å². The van der Waals surface area contributed by atoms with Gasteiger partial charge in [0.15, 0.2) is 0 Å². The van der Waals surface area contributed by atoms with Gasteiger partial charge in [0.05, 0.1) is 19.3 Å². The average Bonchev–Trinajstić information content (AvgIpc) is 2.71. The molecule has 0 spiro atoms. The van der Waals surface area contributed by atoms with Crippen LogP contribution < -0.4 is 5.32 Å². The number of aliphatic hydroxyl groups excluding tert-OH is 1. The van der Waals surface area contributed by atoms with E-state index < -0.39 is 0 Å². The first-order valence-corrected chi connectivity index (χ1v) is 6.48. The van der Waals surface area contributed by atoms with E-state index >= 15 is 0 Å². The molecule has 0 amide bonds. The molecule has 1 heterocycles. The number of rotatable bonds is 3. The Kier molecular flexibility index (Phi) is 2.81. The molecule has 0 aromatic heterocycles. The second kappa shape index (κ2) is 4.31. The molecule has 1 unspecified atom stereocenters. The van der Waals surface area contributed by atoms with Crippen LogP contribution in [0.1, 0.15) is 31.2 Å². The molecule has 0 radical (unpaired) electrons. The van der Waals surface area contributed by atoms with E-state index in [1.54, 1.807) is 0 Å². The van der Waals surface area contributed by atoms with Crippen LogP contribution in [0.25, 0.3) is 0 Å². The van der Waals surface area contributed by atoms with E-state index in [0.29, 0.717) is 12.6 Å². The van der Waals surface area contributed by atoms with Crippen LogP contribution in [-0.4, -0.2) is 24.4 Å². The third kappa shape index (κ3) is 1.65. The standard InChI is InChI=1S/C14H19NO2/c16-9-10-17-14-8-4-3-7-13(14)15-12-6-2-1-5-11(12)14/h1-2,5-6,13,15-16H,3-4,7-10H2/t13?,14-/m0/s1. The first-order chi connectivity index (χ1) is 8.37. The summed E-state index contributed by atoms with van der Waals surface area (Å²) in [5.74, 6) is 0. The molecular weight excluding hydrogens is 214 g/mol. The van der Waals surface area contributed by atoms with Crippen molar-refractivity contribution in [3.63, 3.8) is 0 Å². The maximum absolute atomic E-state index is 9.02. The van der Waals surface area contributed by atoms with Crippen molar-refractivity contribution in [2.45, 2.75) is 37.3 Å². The molecular formula is C14H19NO2. The predicted octanol–water partition coefficient (Wildman–Crippen LogP) is 2.26. The van der Waals surface area contributed by atoms with E-state index in [4.69, 9.17) is 9.84 Å². The highest BCUT2D eigenvalue weighted by Gasteiger charge is 2.48. The number of para-hydroxylation sites is 1. The van der Waals surface area contributed by atoms with Gasteiger partial charge in [-0.25, -0.2) is 0 Å². The summed E-state index contributed by atoms with van der Waals surface area (Å²) in [7, 11) is 0. The molecule has 2 N–H and O–H groups in total. The van der Waals surface area contributed by atoms with Crippen molar-refractivity contribution in [2.24, 2.45) is 0 Å². The minimum Gasteiger partial charge on any atom is -0.394 e. The zero-order valence-electron chi connectivity index (χ0n) is 9.98. The molecule has 0 saturated heterocycles. The second-order valence-electron chi connectivity index (χ2n) is 4.95. The smallest absolute Gasteiger partial charge is 0.115 e. The third-order valence-electron chi connectivity index (χ3n) is 4.02. The Labute approximate surface area is 102 Å². The minimum absolute atomic E-state index is 0.0939. The van der Waals surface area contributed by atoms with Crippen LogP contribution in [0.2, 0.25) is 0 Å². The van der Waals surface area contributed by atoms with E-state index in [1.807, 2.05) is 0 Å². The van der Waals surface area contributed by atoms with E-state index in [2.05, 4.69) is 29.6 Å². The zero-order chi connectivity index (χ0) is 11.7. The Morgan fingerprint density at radius 3 is 3.12 bits per heavy atom. The molecule has 1 aromatic rings. The van der Waals surface area contributed by atoms with Crippen molar-refractivity contribution in [2.75, 3.05) is 18.5 Å². The normalized spacial score (nSPS) is 30.5. The van der Waals surface area contributed by atoms with E-state index in [0.717, 1.165) is 12.8 Å². The summed E-state index contributed by atoms with van der Waals surface area (Å²) in [6.45, 7) is 0.517. The van der Waals surface area contributed by atoms with Gasteiger partial charge in [-0.3, -0.25) is 0 Å². The van der Waals surface area contributed by atoms with Crippen LogP contribution in [0, 0.1) is 0 Å². The summed E-state index contributed by atoms with van der Waals surface area (Å²) in [5.41, 5.74) is 2.29. The Balaban J connectivity index is 1.99. The summed E-state index contributed by atoms with van der Waals surface area (Å²) < 4.78 is 6.06. The van der Waals surface area contributed by atoms with Crippen LogP contribution in [-0.2, 0) is 10.3 Å². The highest BCUT2D eigenvalue weighted by atomic mass is 16.5. The number of nitrogens with one attached hydrogen (secondary N) is 1. The maximum Gasteiger partial charge on any atom is 0.115 e. The first-order valence-electron chi connectivity index (χ1n) is 6.48. The first kappa shape index (κ1) is 11.1. The molecule has 3 nitrogen and oxygen atoms in total. The van der Waals surface area contributed by atoms with Crippen LogP contribution in [0.4, 0.5) is 5.69 Å². The number of ether oxygens (including phenoxy) is 1. The molecule has 92 valence electrons. The number of hydrogen-bond donors (Lipinski definition) is 2. The lowest BCUT2D eigenvalue weighted by atomic mass is 9.78. The van der Waals surface area contributed by atoms with Crippen molar-refractivity contribution < 1.29 is 9.84 Å². The summed E-state index contributed by atoms with van der Waals surface area (Å²) in [6.07, 6.45) is 4.68. The molecule has 17 heavy (non-hydrogen) atoms. The van der Waals surface area contributed by atoms with E-state index in [1.165, 1.54) is 24.1 Å². The van der Waals surface area contributed by atoms with Gasteiger partial charge in [-0.2, -0.15) is 0 Å². The summed E-state index contributed by atoms with van der Waals surface area (Å²) in [6, 6.07) is 8.79. The van der Waals surface area contributed by atoms with Gasteiger partial charge >= 0.3 is 0 Å². The lowest BCUT2D eigenvalue weighted by Crippen LogP contribution is -2.44. The predicted molar refractivity (Wildman–Crippen MR) is 67.0 cm³/mol. The Hall–Kier alpha value is -1.06. The second-order valence-corrected chi connectivity index (χ2v) is 4.95. The summed E-state index contributed by atoms with van der Waals surface area (Å²) >= 11 is 0. The fourth-order valence-corrected chi connectivity index (χ4v) is 3.30. The number of fused-ring (bicyclic) bond motifs is 3. The van der Waals surface area contributed by atoms with Gasteiger partial charge < -0.3 is 15.2 Å². The molecule has 1 aliphatic carbocycles. The van der Waals surface area contributed by atoms with Crippen molar-refractivity contribution in [3.05, 3.63) is 29.8 Å². The fraction of sp³-hybridized carbons (Fsp3) is 0.571. The fourth-order valence-electron chi connectivity index (χ4n) is 3.30. The summed E-state index contributed by atoms with van der Waals surface area (Å²) in [4.78, 5) is 0. The molecule has 0 bridgehead atoms. The van der Waals surface area contributed by atoms with E-state index in [-0.39, 0.29) is 12.2 Å². The Morgan fingerprint density at radius 2 is 2.24 bits per heavy atom. The van der Waals surface area contributed by atoms with E-state index in [9.17, 15) is 0 Å². The van der Waals surface area contributed by atoms with Gasteiger partial charge in [0.1, 0.15) is 5.60 Å². The SMILES string of the molecule is OCCO[C@]12CCCCC1Nc1ccccc12. The molecule has 2 atom stereocenters. The molecule has 1 aromatic carbocycles.